The summed E-state index contributed by atoms with van der Waals surface area (Å²) in [4.78, 5) is 37.2. The average molecular weight is 908 g/mol. The monoisotopic (exact) mass is 908 g/mol. The summed E-state index contributed by atoms with van der Waals surface area (Å²) < 4.78 is 22.7. The van der Waals surface area contributed by atoms with Crippen LogP contribution in [0.2, 0.25) is 0 Å². The number of unbranched alkanes of at least 4 members (excludes halogenated alkanes) is 34. The minimum atomic E-state index is -1.62. The zero-order valence-electron chi connectivity index (χ0n) is 42.9. The molecule has 9 heteroatoms. The van der Waals surface area contributed by atoms with E-state index >= 15 is 0 Å². The lowest BCUT2D eigenvalue weighted by atomic mass is 10.0. The van der Waals surface area contributed by atoms with E-state index in [1.165, 1.54) is 186 Å². The van der Waals surface area contributed by atoms with Crippen LogP contribution in [0, 0.1) is 0 Å². The second kappa shape index (κ2) is 47.5. The van der Waals surface area contributed by atoms with Gasteiger partial charge in [-0.15, -0.1) is 0 Å². The number of allylic oxidation sites excluding steroid dienone is 2. The Bertz CT molecular complexity index is 1060. The molecule has 0 aromatic rings. The number of hydrogen-bond acceptors (Lipinski definition) is 8. The molecule has 64 heavy (non-hydrogen) atoms. The van der Waals surface area contributed by atoms with Crippen molar-refractivity contribution in [2.24, 2.45) is 0 Å². The van der Waals surface area contributed by atoms with Gasteiger partial charge in [0.2, 0.25) is 0 Å². The first kappa shape index (κ1) is 62.0. The summed E-state index contributed by atoms with van der Waals surface area (Å²) in [5.74, 6) is -2.27. The van der Waals surface area contributed by atoms with Gasteiger partial charge in [-0.3, -0.25) is 9.59 Å². The molecule has 0 saturated heterocycles. The second-order valence-corrected chi connectivity index (χ2v) is 19.9. The van der Waals surface area contributed by atoms with Crippen molar-refractivity contribution in [2.45, 2.75) is 277 Å². The Morgan fingerprint density at radius 3 is 1.16 bits per heavy atom. The van der Waals surface area contributed by atoms with Crippen LogP contribution in [0.5, 0.6) is 0 Å². The summed E-state index contributed by atoms with van der Waals surface area (Å²) in [5, 5.41) is 11.7. The van der Waals surface area contributed by atoms with Crippen LogP contribution in [-0.4, -0.2) is 82.3 Å². The van der Waals surface area contributed by atoms with Crippen molar-refractivity contribution in [1.29, 1.82) is 0 Å². The Kier molecular flexibility index (Phi) is 46.1. The maximum absolute atomic E-state index is 12.8. The summed E-state index contributed by atoms with van der Waals surface area (Å²) >= 11 is 0. The maximum Gasteiger partial charge on any atom is 0.306 e. The molecule has 0 aromatic heterocycles. The number of rotatable bonds is 51. The highest BCUT2D eigenvalue weighted by Gasteiger charge is 2.22. The third-order valence-electron chi connectivity index (χ3n) is 12.3. The van der Waals surface area contributed by atoms with Crippen molar-refractivity contribution in [3.63, 3.8) is 0 Å². The van der Waals surface area contributed by atoms with Crippen LogP contribution < -0.4 is 5.11 Å². The number of carbonyl (C=O) groups excluding carboxylic acids is 3. The maximum atomic E-state index is 12.8. The number of quaternary nitrogens is 1. The highest BCUT2D eigenvalue weighted by atomic mass is 16.7. The van der Waals surface area contributed by atoms with Crippen LogP contribution in [0.25, 0.3) is 0 Å². The van der Waals surface area contributed by atoms with E-state index < -0.39 is 24.3 Å². The number of ether oxygens (including phenoxy) is 4. The third kappa shape index (κ3) is 48.0. The SMILES string of the molecule is CCCCCCCCC/C=C\CCCCCCCCCC(=O)OC(COC(=O)CCCCCCCCCCCCCCCCCCCCCCC)COC(OCC[N+](C)(C)C)C(=O)[O-]. The molecule has 0 aliphatic heterocycles. The third-order valence-corrected chi connectivity index (χ3v) is 12.3. The number of carboxylic acid groups (broad SMARTS) is 1. The first-order chi connectivity index (χ1) is 31.1. The van der Waals surface area contributed by atoms with Crippen LogP contribution in [0.3, 0.4) is 0 Å². The van der Waals surface area contributed by atoms with Crippen molar-refractivity contribution < 1.29 is 42.9 Å². The summed E-state index contributed by atoms with van der Waals surface area (Å²) in [6.07, 6.45) is 49.6. The van der Waals surface area contributed by atoms with Crippen molar-refractivity contribution in [3.8, 4) is 0 Å². The number of nitrogens with zero attached hydrogens (tertiary/aromatic N) is 1. The molecule has 0 heterocycles. The molecule has 0 saturated carbocycles. The lowest BCUT2D eigenvalue weighted by Gasteiger charge is -2.26. The van der Waals surface area contributed by atoms with Crippen LogP contribution >= 0.6 is 0 Å². The highest BCUT2D eigenvalue weighted by Crippen LogP contribution is 2.17. The molecule has 0 aromatic carbocycles. The van der Waals surface area contributed by atoms with Crippen LogP contribution in [-0.2, 0) is 33.3 Å². The van der Waals surface area contributed by atoms with Gasteiger partial charge in [0, 0.05) is 12.8 Å². The summed E-state index contributed by atoms with van der Waals surface area (Å²) in [6.45, 7) is 4.79. The second-order valence-electron chi connectivity index (χ2n) is 19.9. The number of carbonyl (C=O) groups is 3. The minimum Gasteiger partial charge on any atom is -0.545 e. The van der Waals surface area contributed by atoms with Crippen molar-refractivity contribution >= 4 is 17.9 Å². The van der Waals surface area contributed by atoms with Crippen LogP contribution in [0.4, 0.5) is 0 Å². The molecule has 0 N–H and O–H groups in total. The van der Waals surface area contributed by atoms with Gasteiger partial charge in [-0.2, -0.15) is 0 Å². The standard InChI is InChI=1S/C55H105NO8/c1-6-8-10-12-14-16-18-20-22-24-26-27-28-30-31-33-35-37-39-41-43-45-52(57)62-49-51(50-63-55(54(59)60)61-48-47-56(3,4)5)64-53(58)46-44-42-40-38-36-34-32-29-25-23-21-19-17-15-13-11-9-7-2/h23,25,51,55H,6-22,24,26-50H2,1-5H3/b25-23-. The topological polar surface area (TPSA) is 111 Å². The van der Waals surface area contributed by atoms with Gasteiger partial charge in [-0.25, -0.2) is 0 Å². The summed E-state index contributed by atoms with van der Waals surface area (Å²) in [6, 6.07) is 0. The molecule has 378 valence electrons. The molecule has 0 aliphatic rings. The van der Waals surface area contributed by atoms with E-state index in [1.54, 1.807) is 0 Å². The van der Waals surface area contributed by atoms with Crippen LogP contribution in [0.1, 0.15) is 264 Å². The Balaban J connectivity index is 4.26. The van der Waals surface area contributed by atoms with Gasteiger partial charge in [0.25, 0.3) is 0 Å². The number of likely N-dealkylation sites (N-methyl/N-ethyl adjacent to an activating group) is 1. The zero-order valence-corrected chi connectivity index (χ0v) is 42.9. The molecule has 2 unspecified atom stereocenters. The molecule has 2 atom stereocenters. The van der Waals surface area contributed by atoms with Gasteiger partial charge in [0.05, 0.1) is 40.3 Å². The Morgan fingerprint density at radius 2 is 0.797 bits per heavy atom. The fourth-order valence-electron chi connectivity index (χ4n) is 8.00. The normalized spacial score (nSPS) is 12.8. The first-order valence-corrected chi connectivity index (χ1v) is 27.3. The Hall–Kier alpha value is -1.97. The van der Waals surface area contributed by atoms with Gasteiger partial charge in [0.1, 0.15) is 13.2 Å². The van der Waals surface area contributed by atoms with E-state index in [-0.39, 0.29) is 32.2 Å². The quantitative estimate of drug-likeness (QED) is 0.0195. The lowest BCUT2D eigenvalue weighted by Crippen LogP contribution is -2.44. The lowest BCUT2D eigenvalue weighted by molar-refractivity contribution is -0.870. The molecule has 0 fully saturated rings. The van der Waals surface area contributed by atoms with Gasteiger partial charge >= 0.3 is 11.9 Å². The predicted molar refractivity (Wildman–Crippen MR) is 265 cm³/mol. The minimum absolute atomic E-state index is 0.150. The predicted octanol–water partition coefficient (Wildman–Crippen LogP) is 14.1. The Labute approximate surface area is 395 Å². The van der Waals surface area contributed by atoms with E-state index in [2.05, 4.69) is 26.0 Å². The molecule has 0 aliphatic carbocycles. The highest BCUT2D eigenvalue weighted by molar-refractivity contribution is 5.70. The number of hydrogen-bond donors (Lipinski definition) is 0. The fourth-order valence-corrected chi connectivity index (χ4v) is 8.00. The molecule has 0 amide bonds. The van der Waals surface area contributed by atoms with Crippen LogP contribution in [0.15, 0.2) is 12.2 Å². The number of esters is 2. The molecule has 0 radical (unpaired) electrons. The molecular formula is C55H105NO8. The first-order valence-electron chi connectivity index (χ1n) is 27.3. The summed E-state index contributed by atoms with van der Waals surface area (Å²) in [7, 11) is 5.93. The smallest absolute Gasteiger partial charge is 0.306 e. The summed E-state index contributed by atoms with van der Waals surface area (Å²) in [5.41, 5.74) is 0. The fraction of sp³-hybridized carbons (Fsp3) is 0.909. The van der Waals surface area contributed by atoms with Gasteiger partial charge in [-0.1, -0.05) is 225 Å². The molecular weight excluding hydrogens is 803 g/mol. The molecule has 0 spiro atoms. The van der Waals surface area contributed by atoms with E-state index in [0.29, 0.717) is 23.9 Å². The van der Waals surface area contributed by atoms with E-state index in [1.807, 2.05) is 21.1 Å². The van der Waals surface area contributed by atoms with Crippen molar-refractivity contribution in [1.82, 2.24) is 0 Å². The molecule has 0 bridgehead atoms. The van der Waals surface area contributed by atoms with Gasteiger partial charge in [0.15, 0.2) is 12.4 Å². The number of carboxylic acids is 1. The van der Waals surface area contributed by atoms with Crippen molar-refractivity contribution in [3.05, 3.63) is 12.2 Å². The van der Waals surface area contributed by atoms with E-state index in [9.17, 15) is 19.5 Å². The average Bonchev–Trinajstić information content (AvgIpc) is 3.26. The van der Waals surface area contributed by atoms with E-state index in [4.69, 9.17) is 18.9 Å². The van der Waals surface area contributed by atoms with Crippen molar-refractivity contribution in [2.75, 3.05) is 47.5 Å². The Morgan fingerprint density at radius 1 is 0.453 bits per heavy atom. The van der Waals surface area contributed by atoms with Gasteiger partial charge in [-0.05, 0) is 38.5 Å². The molecule has 9 nitrogen and oxygen atoms in total. The number of aliphatic carboxylic acids is 1. The van der Waals surface area contributed by atoms with E-state index in [0.717, 1.165) is 44.9 Å². The molecule has 0 rings (SSSR count). The van der Waals surface area contributed by atoms with Gasteiger partial charge < -0.3 is 33.3 Å². The zero-order chi connectivity index (χ0) is 47.0. The largest absolute Gasteiger partial charge is 0.545 e.